The molecule has 2 aromatic carbocycles. The van der Waals surface area contributed by atoms with Crippen LogP contribution in [0.15, 0.2) is 47.3 Å². The lowest BCUT2D eigenvalue weighted by molar-refractivity contribution is -0.134. The summed E-state index contributed by atoms with van der Waals surface area (Å²) in [4.78, 5) is 29.8. The minimum Gasteiger partial charge on any atom is -0.368 e. The van der Waals surface area contributed by atoms with E-state index in [1.807, 2.05) is 54.3 Å². The van der Waals surface area contributed by atoms with E-state index in [1.54, 1.807) is 3.96 Å². The molecule has 0 N–H and O–H groups in total. The van der Waals surface area contributed by atoms with Crippen molar-refractivity contribution in [2.24, 2.45) is 0 Å². The maximum Gasteiger partial charge on any atom is 0.269 e. The standard InChI is InChI=1S/C21H22ClN3O2S/c1-14-7-8-16(22)13-18(14)23-9-11-24(12-10-23)20(26)15(2)25-21(27)17-5-3-4-6-19(17)28-25/h3-8,13,15H,9-12H2,1-2H3/t15-/m1/s1. The van der Waals surface area contributed by atoms with Crippen molar-refractivity contribution in [2.45, 2.75) is 19.9 Å². The molecule has 0 aliphatic carbocycles. The molecular weight excluding hydrogens is 394 g/mol. The first-order valence-corrected chi connectivity index (χ1v) is 10.5. The first-order valence-electron chi connectivity index (χ1n) is 9.36. The number of carbonyl (C=O) groups excluding carboxylic acids is 1. The Bertz CT molecular complexity index is 1080. The van der Waals surface area contributed by atoms with Crippen LogP contribution in [0, 0.1) is 6.92 Å². The molecular formula is C21H22ClN3O2S. The van der Waals surface area contributed by atoms with Crippen LogP contribution in [0.2, 0.25) is 5.02 Å². The Balaban J connectivity index is 1.48. The molecule has 0 bridgehead atoms. The predicted octanol–water partition coefficient (Wildman–Crippen LogP) is 3.93. The number of nitrogens with zero attached hydrogens (tertiary/aromatic N) is 3. The smallest absolute Gasteiger partial charge is 0.269 e. The summed E-state index contributed by atoms with van der Waals surface area (Å²) in [6.07, 6.45) is 0. The van der Waals surface area contributed by atoms with Crippen molar-refractivity contribution in [3.63, 3.8) is 0 Å². The normalized spacial score (nSPS) is 15.8. The number of piperazine rings is 1. The van der Waals surface area contributed by atoms with Gasteiger partial charge in [-0.25, -0.2) is 0 Å². The largest absolute Gasteiger partial charge is 0.368 e. The van der Waals surface area contributed by atoms with Gasteiger partial charge in [-0.2, -0.15) is 0 Å². The van der Waals surface area contributed by atoms with Crippen molar-refractivity contribution >= 4 is 44.8 Å². The molecule has 1 fully saturated rings. The third-order valence-electron chi connectivity index (χ3n) is 5.33. The van der Waals surface area contributed by atoms with Crippen molar-refractivity contribution in [3.05, 3.63) is 63.4 Å². The zero-order valence-corrected chi connectivity index (χ0v) is 17.5. The molecule has 1 amide bonds. The van der Waals surface area contributed by atoms with Gasteiger partial charge in [0.1, 0.15) is 6.04 Å². The molecule has 3 aromatic rings. The molecule has 1 aliphatic rings. The zero-order valence-electron chi connectivity index (χ0n) is 15.9. The maximum absolute atomic E-state index is 13.0. The molecule has 0 spiro atoms. The Labute approximate surface area is 172 Å². The average molecular weight is 416 g/mol. The average Bonchev–Trinajstić information content (AvgIpc) is 3.06. The first kappa shape index (κ1) is 19.0. The number of hydrogen-bond acceptors (Lipinski definition) is 4. The highest BCUT2D eigenvalue weighted by Crippen LogP contribution is 2.26. The van der Waals surface area contributed by atoms with Crippen molar-refractivity contribution in [1.29, 1.82) is 0 Å². The summed E-state index contributed by atoms with van der Waals surface area (Å²) < 4.78 is 2.51. The molecule has 7 heteroatoms. The van der Waals surface area contributed by atoms with Gasteiger partial charge in [-0.15, -0.1) is 0 Å². The van der Waals surface area contributed by atoms with E-state index in [1.165, 1.54) is 17.1 Å². The number of carbonyl (C=O) groups is 1. The highest BCUT2D eigenvalue weighted by Gasteiger charge is 2.28. The number of benzene rings is 2. The zero-order chi connectivity index (χ0) is 19.8. The van der Waals surface area contributed by atoms with E-state index in [0.717, 1.165) is 28.5 Å². The minimum absolute atomic E-state index is 0.00359. The Morgan fingerprint density at radius 3 is 2.54 bits per heavy atom. The molecule has 0 radical (unpaired) electrons. The van der Waals surface area contributed by atoms with Crippen LogP contribution in [0.3, 0.4) is 0 Å². The van der Waals surface area contributed by atoms with Gasteiger partial charge >= 0.3 is 0 Å². The van der Waals surface area contributed by atoms with Crippen LogP contribution in [0.1, 0.15) is 18.5 Å². The summed E-state index contributed by atoms with van der Waals surface area (Å²) in [5, 5.41) is 1.39. The molecule has 28 heavy (non-hydrogen) atoms. The summed E-state index contributed by atoms with van der Waals surface area (Å²) >= 11 is 7.51. The molecule has 4 rings (SSSR count). The van der Waals surface area contributed by atoms with Crippen LogP contribution in [0.5, 0.6) is 0 Å². The topological polar surface area (TPSA) is 45.5 Å². The van der Waals surface area contributed by atoms with Crippen LogP contribution in [-0.4, -0.2) is 40.9 Å². The third-order valence-corrected chi connectivity index (χ3v) is 6.79. The fourth-order valence-electron chi connectivity index (χ4n) is 3.70. The van der Waals surface area contributed by atoms with E-state index in [4.69, 9.17) is 11.6 Å². The quantitative estimate of drug-likeness (QED) is 0.651. The van der Waals surface area contributed by atoms with Gasteiger partial charge in [0.05, 0.1) is 10.1 Å². The predicted molar refractivity (Wildman–Crippen MR) is 116 cm³/mol. The summed E-state index contributed by atoms with van der Waals surface area (Å²) in [7, 11) is 0. The van der Waals surface area contributed by atoms with E-state index in [2.05, 4.69) is 11.8 Å². The molecule has 1 atom stereocenters. The van der Waals surface area contributed by atoms with Gasteiger partial charge in [-0.3, -0.25) is 13.5 Å². The summed E-state index contributed by atoms with van der Waals surface area (Å²) in [6, 6.07) is 12.9. The third kappa shape index (κ3) is 3.42. The van der Waals surface area contributed by atoms with E-state index in [9.17, 15) is 9.59 Å². The van der Waals surface area contributed by atoms with Gasteiger partial charge < -0.3 is 9.80 Å². The molecule has 2 heterocycles. The lowest BCUT2D eigenvalue weighted by Gasteiger charge is -2.37. The summed E-state index contributed by atoms with van der Waals surface area (Å²) in [6.45, 7) is 6.65. The molecule has 146 valence electrons. The second kappa shape index (κ2) is 7.60. The number of amides is 1. The van der Waals surface area contributed by atoms with Gasteiger partial charge in [-0.05, 0) is 43.7 Å². The number of halogens is 1. The Kier molecular flexibility index (Phi) is 5.17. The second-order valence-corrected chi connectivity index (χ2v) is 8.59. The Hall–Kier alpha value is -2.31. The van der Waals surface area contributed by atoms with Crippen LogP contribution in [0.25, 0.3) is 10.1 Å². The monoisotopic (exact) mass is 415 g/mol. The molecule has 1 aromatic heterocycles. The highest BCUT2D eigenvalue weighted by atomic mass is 35.5. The summed E-state index contributed by atoms with van der Waals surface area (Å²) in [5.41, 5.74) is 2.21. The molecule has 0 unspecified atom stereocenters. The van der Waals surface area contributed by atoms with E-state index in [0.29, 0.717) is 18.5 Å². The van der Waals surface area contributed by atoms with E-state index in [-0.39, 0.29) is 11.5 Å². The lowest BCUT2D eigenvalue weighted by atomic mass is 10.1. The number of fused-ring (bicyclic) bond motifs is 1. The van der Waals surface area contributed by atoms with Crippen LogP contribution < -0.4 is 10.5 Å². The number of aryl methyl sites for hydroxylation is 1. The minimum atomic E-state index is -0.496. The van der Waals surface area contributed by atoms with Gasteiger partial charge in [-0.1, -0.05) is 41.3 Å². The van der Waals surface area contributed by atoms with Crippen molar-refractivity contribution in [2.75, 3.05) is 31.1 Å². The fraction of sp³-hybridized carbons (Fsp3) is 0.333. The summed E-state index contributed by atoms with van der Waals surface area (Å²) in [5.74, 6) is -0.00359. The number of rotatable bonds is 3. The lowest BCUT2D eigenvalue weighted by Crippen LogP contribution is -2.50. The van der Waals surface area contributed by atoms with Crippen LogP contribution >= 0.6 is 23.1 Å². The molecule has 1 aliphatic heterocycles. The first-order chi connectivity index (χ1) is 13.5. The second-order valence-electron chi connectivity index (χ2n) is 7.14. The fourth-order valence-corrected chi connectivity index (χ4v) is 4.90. The molecule has 1 saturated heterocycles. The van der Waals surface area contributed by atoms with Crippen molar-refractivity contribution in [1.82, 2.24) is 8.86 Å². The van der Waals surface area contributed by atoms with Crippen molar-refractivity contribution in [3.8, 4) is 0 Å². The number of aromatic nitrogens is 1. The molecule has 5 nitrogen and oxygen atoms in total. The van der Waals surface area contributed by atoms with Gasteiger partial charge in [0.25, 0.3) is 5.56 Å². The van der Waals surface area contributed by atoms with Gasteiger partial charge in [0, 0.05) is 36.9 Å². The maximum atomic E-state index is 13.0. The van der Waals surface area contributed by atoms with Crippen molar-refractivity contribution < 1.29 is 4.79 Å². The SMILES string of the molecule is Cc1ccc(Cl)cc1N1CCN(C(=O)[C@@H](C)n2sc3ccccc3c2=O)CC1. The van der Waals surface area contributed by atoms with Crippen LogP contribution in [-0.2, 0) is 4.79 Å². The molecule has 0 saturated carbocycles. The van der Waals surface area contributed by atoms with E-state index >= 15 is 0 Å². The van der Waals surface area contributed by atoms with Gasteiger partial charge in [0.2, 0.25) is 5.91 Å². The van der Waals surface area contributed by atoms with Gasteiger partial charge in [0.15, 0.2) is 0 Å². The Morgan fingerprint density at radius 2 is 1.82 bits per heavy atom. The number of anilines is 1. The highest BCUT2D eigenvalue weighted by molar-refractivity contribution is 7.14. The van der Waals surface area contributed by atoms with E-state index < -0.39 is 6.04 Å². The Morgan fingerprint density at radius 1 is 1.11 bits per heavy atom. The van der Waals surface area contributed by atoms with Crippen LogP contribution in [0.4, 0.5) is 5.69 Å². The number of hydrogen-bond donors (Lipinski definition) is 0.